The van der Waals surface area contributed by atoms with Gasteiger partial charge in [0, 0.05) is 10.9 Å². The number of benzene rings is 1. The average molecular weight is 279 g/mol. The highest BCUT2D eigenvalue weighted by atomic mass is 35.5. The zero-order chi connectivity index (χ0) is 12.7. The van der Waals surface area contributed by atoms with E-state index >= 15 is 0 Å². The average Bonchev–Trinajstić information content (AvgIpc) is 2.83. The SMILES string of the molecule is Cc1cc(-c2nnc(Cl)c3ccsc23)ccc1F. The Balaban J connectivity index is 2.28. The van der Waals surface area contributed by atoms with Crippen molar-refractivity contribution >= 4 is 33.0 Å². The van der Waals surface area contributed by atoms with Crippen LogP contribution in [-0.2, 0) is 0 Å². The minimum Gasteiger partial charge on any atom is -0.207 e. The van der Waals surface area contributed by atoms with Gasteiger partial charge in [-0.25, -0.2) is 4.39 Å². The molecule has 0 saturated heterocycles. The molecule has 1 aromatic carbocycles. The highest BCUT2D eigenvalue weighted by molar-refractivity contribution is 7.17. The zero-order valence-electron chi connectivity index (χ0n) is 9.45. The van der Waals surface area contributed by atoms with Gasteiger partial charge < -0.3 is 0 Å². The van der Waals surface area contributed by atoms with E-state index in [0.29, 0.717) is 10.7 Å². The summed E-state index contributed by atoms with van der Waals surface area (Å²) in [6.07, 6.45) is 0. The van der Waals surface area contributed by atoms with Gasteiger partial charge in [-0.05, 0) is 42.1 Å². The van der Waals surface area contributed by atoms with Crippen LogP contribution in [0.4, 0.5) is 4.39 Å². The molecule has 0 N–H and O–H groups in total. The van der Waals surface area contributed by atoms with Gasteiger partial charge >= 0.3 is 0 Å². The molecule has 0 atom stereocenters. The van der Waals surface area contributed by atoms with Gasteiger partial charge in [0.05, 0.1) is 4.70 Å². The molecule has 5 heteroatoms. The Morgan fingerprint density at radius 2 is 2.06 bits per heavy atom. The first-order valence-electron chi connectivity index (χ1n) is 5.33. The summed E-state index contributed by atoms with van der Waals surface area (Å²) in [6.45, 7) is 1.73. The van der Waals surface area contributed by atoms with Crippen molar-refractivity contribution in [3.63, 3.8) is 0 Å². The number of hydrogen-bond donors (Lipinski definition) is 0. The fraction of sp³-hybridized carbons (Fsp3) is 0.0769. The van der Waals surface area contributed by atoms with E-state index in [-0.39, 0.29) is 5.82 Å². The Hall–Kier alpha value is -1.52. The van der Waals surface area contributed by atoms with Gasteiger partial charge in [0.15, 0.2) is 5.15 Å². The van der Waals surface area contributed by atoms with Crippen molar-refractivity contribution in [1.82, 2.24) is 10.2 Å². The number of aromatic nitrogens is 2. The van der Waals surface area contributed by atoms with Crippen LogP contribution in [-0.4, -0.2) is 10.2 Å². The molecule has 3 rings (SSSR count). The number of halogens is 2. The van der Waals surface area contributed by atoms with Crippen molar-refractivity contribution in [2.45, 2.75) is 6.92 Å². The molecule has 0 bridgehead atoms. The van der Waals surface area contributed by atoms with E-state index in [1.54, 1.807) is 30.4 Å². The van der Waals surface area contributed by atoms with Gasteiger partial charge in [-0.2, -0.15) is 0 Å². The lowest BCUT2D eigenvalue weighted by Crippen LogP contribution is -1.90. The topological polar surface area (TPSA) is 25.8 Å². The fourth-order valence-corrected chi connectivity index (χ4v) is 2.98. The standard InChI is InChI=1S/C13H8ClFN2S/c1-7-6-8(2-3-10(7)15)11-12-9(4-5-18-12)13(14)17-16-11/h2-6H,1H3. The maximum absolute atomic E-state index is 13.3. The van der Waals surface area contributed by atoms with Crippen molar-refractivity contribution in [3.8, 4) is 11.3 Å². The van der Waals surface area contributed by atoms with E-state index in [1.165, 1.54) is 6.07 Å². The molecule has 2 nitrogen and oxygen atoms in total. The molecule has 0 spiro atoms. The lowest BCUT2D eigenvalue weighted by molar-refractivity contribution is 0.619. The van der Waals surface area contributed by atoms with Crippen molar-refractivity contribution in [2.24, 2.45) is 0 Å². The molecule has 0 radical (unpaired) electrons. The Bertz CT molecular complexity index is 739. The minimum atomic E-state index is -0.219. The molecular formula is C13H8ClFN2S. The van der Waals surface area contributed by atoms with Crippen LogP contribution >= 0.6 is 22.9 Å². The van der Waals surface area contributed by atoms with Gasteiger partial charge in [-0.15, -0.1) is 21.5 Å². The summed E-state index contributed by atoms with van der Waals surface area (Å²) in [6, 6.07) is 6.84. The normalized spacial score (nSPS) is 11.1. The fourth-order valence-electron chi connectivity index (χ4n) is 1.83. The molecule has 0 fully saturated rings. The molecule has 2 heterocycles. The monoisotopic (exact) mass is 278 g/mol. The van der Waals surface area contributed by atoms with E-state index in [1.807, 2.05) is 11.4 Å². The molecular weight excluding hydrogens is 271 g/mol. The lowest BCUT2D eigenvalue weighted by atomic mass is 10.1. The van der Waals surface area contributed by atoms with Crippen LogP contribution in [0.5, 0.6) is 0 Å². The summed E-state index contributed by atoms with van der Waals surface area (Å²) in [5.74, 6) is -0.219. The smallest absolute Gasteiger partial charge is 0.160 e. The molecule has 90 valence electrons. The van der Waals surface area contributed by atoms with E-state index in [0.717, 1.165) is 21.3 Å². The second-order valence-electron chi connectivity index (χ2n) is 3.97. The third-order valence-corrected chi connectivity index (χ3v) is 3.97. The molecule has 0 saturated carbocycles. The van der Waals surface area contributed by atoms with Gasteiger partial charge in [0.1, 0.15) is 11.5 Å². The molecule has 0 aliphatic rings. The number of fused-ring (bicyclic) bond motifs is 1. The summed E-state index contributed by atoms with van der Waals surface area (Å²) in [4.78, 5) is 0. The Labute approximate surface area is 112 Å². The predicted molar refractivity (Wildman–Crippen MR) is 72.6 cm³/mol. The quantitative estimate of drug-likeness (QED) is 0.657. The van der Waals surface area contributed by atoms with E-state index in [2.05, 4.69) is 10.2 Å². The van der Waals surface area contributed by atoms with Crippen molar-refractivity contribution in [2.75, 3.05) is 0 Å². The van der Waals surface area contributed by atoms with Crippen LogP contribution in [0.1, 0.15) is 5.56 Å². The van der Waals surface area contributed by atoms with Crippen LogP contribution in [0.15, 0.2) is 29.6 Å². The molecule has 2 aromatic heterocycles. The Morgan fingerprint density at radius 1 is 1.22 bits per heavy atom. The largest absolute Gasteiger partial charge is 0.207 e. The first kappa shape index (κ1) is 11.6. The summed E-state index contributed by atoms with van der Waals surface area (Å²) >= 11 is 7.54. The third-order valence-electron chi connectivity index (χ3n) is 2.77. The maximum atomic E-state index is 13.3. The van der Waals surface area contributed by atoms with Crippen LogP contribution in [0.25, 0.3) is 21.3 Å². The van der Waals surface area contributed by atoms with Crippen LogP contribution in [0.2, 0.25) is 5.15 Å². The Kier molecular flexibility index (Phi) is 2.76. The summed E-state index contributed by atoms with van der Waals surface area (Å²) in [7, 11) is 0. The molecule has 0 aliphatic heterocycles. The van der Waals surface area contributed by atoms with Gasteiger partial charge in [-0.3, -0.25) is 0 Å². The number of aryl methyl sites for hydroxylation is 1. The first-order chi connectivity index (χ1) is 8.66. The summed E-state index contributed by atoms with van der Waals surface area (Å²) in [5, 5.41) is 11.3. The highest BCUT2D eigenvalue weighted by Gasteiger charge is 2.12. The third kappa shape index (κ3) is 1.78. The van der Waals surface area contributed by atoms with Gasteiger partial charge in [0.25, 0.3) is 0 Å². The van der Waals surface area contributed by atoms with E-state index in [4.69, 9.17) is 11.6 Å². The highest BCUT2D eigenvalue weighted by Crippen LogP contribution is 2.33. The number of rotatable bonds is 1. The molecule has 0 aliphatic carbocycles. The van der Waals surface area contributed by atoms with Crippen LogP contribution in [0, 0.1) is 12.7 Å². The van der Waals surface area contributed by atoms with Crippen molar-refractivity contribution < 1.29 is 4.39 Å². The van der Waals surface area contributed by atoms with Crippen LogP contribution < -0.4 is 0 Å². The van der Waals surface area contributed by atoms with Crippen molar-refractivity contribution in [3.05, 3.63) is 46.2 Å². The summed E-state index contributed by atoms with van der Waals surface area (Å²) in [5.41, 5.74) is 2.19. The molecule has 18 heavy (non-hydrogen) atoms. The zero-order valence-corrected chi connectivity index (χ0v) is 11.0. The van der Waals surface area contributed by atoms with Crippen molar-refractivity contribution in [1.29, 1.82) is 0 Å². The molecule has 0 amide bonds. The first-order valence-corrected chi connectivity index (χ1v) is 6.58. The number of hydrogen-bond acceptors (Lipinski definition) is 3. The van der Waals surface area contributed by atoms with Gasteiger partial charge in [0.2, 0.25) is 0 Å². The Morgan fingerprint density at radius 3 is 2.83 bits per heavy atom. The lowest BCUT2D eigenvalue weighted by Gasteiger charge is -2.04. The number of thiophene rings is 1. The maximum Gasteiger partial charge on any atom is 0.160 e. The van der Waals surface area contributed by atoms with E-state index < -0.39 is 0 Å². The van der Waals surface area contributed by atoms with Crippen LogP contribution in [0.3, 0.4) is 0 Å². The van der Waals surface area contributed by atoms with Gasteiger partial charge in [-0.1, -0.05) is 11.6 Å². The predicted octanol–water partition coefficient (Wildman–Crippen LogP) is 4.46. The summed E-state index contributed by atoms with van der Waals surface area (Å²) < 4.78 is 14.3. The molecule has 0 unspecified atom stereocenters. The second kappa shape index (κ2) is 4.30. The second-order valence-corrected chi connectivity index (χ2v) is 5.24. The minimum absolute atomic E-state index is 0.219. The van der Waals surface area contributed by atoms with E-state index in [9.17, 15) is 4.39 Å². The number of nitrogens with zero attached hydrogens (tertiary/aromatic N) is 2. The molecule has 3 aromatic rings.